The highest BCUT2D eigenvalue weighted by molar-refractivity contribution is 5.25. The predicted molar refractivity (Wildman–Crippen MR) is 119 cm³/mol. The van der Waals surface area contributed by atoms with Gasteiger partial charge in [-0.25, -0.2) is 0 Å². The number of hydrogen-bond acceptors (Lipinski definition) is 1. The maximum Gasteiger partial charge on any atom is 0.0577 e. The van der Waals surface area contributed by atoms with Crippen molar-refractivity contribution in [3.05, 3.63) is 11.6 Å². The van der Waals surface area contributed by atoms with Gasteiger partial charge in [0.2, 0.25) is 0 Å². The molecular formula is C27H46O. The predicted octanol–water partition coefficient (Wildman–Crippen LogP) is 7.39. The summed E-state index contributed by atoms with van der Waals surface area (Å²) in [5.74, 6) is 5.46. The molecule has 0 aromatic carbocycles. The molecule has 3 saturated carbocycles. The fraction of sp³-hybridized carbons (Fsp3) is 0.926. The largest absolute Gasteiger partial charge is 0.393 e. The molecule has 0 radical (unpaired) electrons. The third kappa shape index (κ3) is 3.42. The van der Waals surface area contributed by atoms with Crippen molar-refractivity contribution >= 4 is 0 Å². The van der Waals surface area contributed by atoms with Crippen molar-refractivity contribution in [2.75, 3.05) is 0 Å². The van der Waals surface area contributed by atoms with Crippen molar-refractivity contribution < 1.29 is 5.11 Å². The lowest BCUT2D eigenvalue weighted by Gasteiger charge is -2.58. The van der Waals surface area contributed by atoms with E-state index in [1.807, 2.05) is 0 Å². The maximum absolute atomic E-state index is 10.2. The zero-order valence-electron chi connectivity index (χ0n) is 19.3. The first-order chi connectivity index (χ1) is 13.3. The van der Waals surface area contributed by atoms with E-state index >= 15 is 0 Å². The molecule has 0 aliphatic heterocycles. The zero-order chi connectivity index (χ0) is 20.1. The van der Waals surface area contributed by atoms with Gasteiger partial charge in [-0.05, 0) is 97.7 Å². The Morgan fingerprint density at radius 1 is 1.00 bits per heavy atom. The second kappa shape index (κ2) is 7.75. The summed E-state index contributed by atoms with van der Waals surface area (Å²) in [6.45, 7) is 12.6. The van der Waals surface area contributed by atoms with E-state index in [-0.39, 0.29) is 6.10 Å². The molecule has 0 bridgehead atoms. The highest BCUT2D eigenvalue weighted by Crippen LogP contribution is 2.67. The average Bonchev–Trinajstić information content (AvgIpc) is 2.99. The molecule has 3 fully saturated rings. The van der Waals surface area contributed by atoms with Gasteiger partial charge in [0.1, 0.15) is 0 Å². The second-order valence-corrected chi connectivity index (χ2v) is 12.2. The molecule has 1 nitrogen and oxygen atoms in total. The van der Waals surface area contributed by atoms with Crippen molar-refractivity contribution in [1.82, 2.24) is 0 Å². The minimum atomic E-state index is -0.0766. The second-order valence-electron chi connectivity index (χ2n) is 12.2. The van der Waals surface area contributed by atoms with E-state index in [0.29, 0.717) is 10.8 Å². The van der Waals surface area contributed by atoms with E-state index in [1.54, 1.807) is 5.57 Å². The lowest BCUT2D eigenvalue weighted by atomic mass is 9.47. The first-order valence-corrected chi connectivity index (χ1v) is 12.6. The Hall–Kier alpha value is -0.300. The molecule has 4 aliphatic rings. The minimum Gasteiger partial charge on any atom is -0.393 e. The van der Waals surface area contributed by atoms with Crippen LogP contribution in [0.3, 0.4) is 0 Å². The highest BCUT2D eigenvalue weighted by Gasteiger charge is 2.59. The van der Waals surface area contributed by atoms with Crippen molar-refractivity contribution in [2.24, 2.45) is 46.3 Å². The van der Waals surface area contributed by atoms with E-state index in [0.717, 1.165) is 48.3 Å². The third-order valence-electron chi connectivity index (χ3n) is 10.3. The molecule has 4 aliphatic carbocycles. The van der Waals surface area contributed by atoms with E-state index in [9.17, 15) is 5.11 Å². The number of rotatable bonds is 5. The van der Waals surface area contributed by atoms with Gasteiger partial charge in [-0.3, -0.25) is 0 Å². The Bertz CT molecular complexity index is 591. The fourth-order valence-electron chi connectivity index (χ4n) is 8.67. The monoisotopic (exact) mass is 386 g/mol. The van der Waals surface area contributed by atoms with E-state index in [1.165, 1.54) is 57.8 Å². The first kappa shape index (κ1) is 21.0. The van der Waals surface area contributed by atoms with E-state index in [2.05, 4.69) is 40.7 Å². The van der Waals surface area contributed by atoms with Crippen LogP contribution >= 0.6 is 0 Å². The molecule has 0 spiro atoms. The van der Waals surface area contributed by atoms with Crippen molar-refractivity contribution in [3.8, 4) is 0 Å². The maximum atomic E-state index is 10.2. The molecule has 0 unspecified atom stereocenters. The summed E-state index contributed by atoms with van der Waals surface area (Å²) in [5, 5.41) is 10.2. The topological polar surface area (TPSA) is 20.2 Å². The van der Waals surface area contributed by atoms with Gasteiger partial charge in [-0.15, -0.1) is 0 Å². The Kier molecular flexibility index (Phi) is 5.80. The molecule has 1 heteroatoms. The fourth-order valence-corrected chi connectivity index (χ4v) is 8.67. The van der Waals surface area contributed by atoms with Gasteiger partial charge in [-0.2, -0.15) is 0 Å². The standard InChI is InChI=1S/C27H46O/c1-18(2)7-6-8-19(3)23-11-12-24-22-10-9-20-17-21(28)13-15-26(20,4)25(22)14-16-27(23,24)5/h9,18-19,21-25,28H,6-8,10-17H2,1-5H3/t19-,21+,22+,23-,24+,25+,26+,27+/m1/s1. The van der Waals surface area contributed by atoms with Gasteiger partial charge >= 0.3 is 0 Å². The molecule has 4 rings (SSSR count). The number of hydrogen-bond donors (Lipinski definition) is 1. The van der Waals surface area contributed by atoms with Gasteiger partial charge in [0, 0.05) is 0 Å². The normalized spacial score (nSPS) is 46.5. The number of fused-ring (bicyclic) bond motifs is 5. The van der Waals surface area contributed by atoms with Crippen LogP contribution in [0.5, 0.6) is 0 Å². The molecule has 0 aromatic heterocycles. The molecule has 8 atom stereocenters. The molecule has 0 amide bonds. The number of allylic oxidation sites excluding steroid dienone is 1. The van der Waals surface area contributed by atoms with Crippen LogP contribution in [0.15, 0.2) is 11.6 Å². The molecular weight excluding hydrogens is 340 g/mol. The minimum absolute atomic E-state index is 0.0766. The van der Waals surface area contributed by atoms with Crippen molar-refractivity contribution in [3.63, 3.8) is 0 Å². The van der Waals surface area contributed by atoms with Crippen LogP contribution in [0.4, 0.5) is 0 Å². The van der Waals surface area contributed by atoms with Crippen LogP contribution < -0.4 is 0 Å². The summed E-state index contributed by atoms with van der Waals surface area (Å²) in [6, 6.07) is 0. The average molecular weight is 387 g/mol. The van der Waals surface area contributed by atoms with Gasteiger partial charge in [0.05, 0.1) is 6.10 Å². The van der Waals surface area contributed by atoms with E-state index in [4.69, 9.17) is 0 Å². The Morgan fingerprint density at radius 3 is 2.54 bits per heavy atom. The van der Waals surface area contributed by atoms with Gasteiger partial charge in [0.15, 0.2) is 0 Å². The van der Waals surface area contributed by atoms with Crippen LogP contribution in [0.25, 0.3) is 0 Å². The van der Waals surface area contributed by atoms with Crippen molar-refractivity contribution in [1.29, 1.82) is 0 Å². The molecule has 160 valence electrons. The zero-order valence-corrected chi connectivity index (χ0v) is 19.3. The van der Waals surface area contributed by atoms with Crippen molar-refractivity contribution in [2.45, 2.75) is 111 Å². The molecule has 0 aromatic rings. The summed E-state index contributed by atoms with van der Waals surface area (Å²) in [6.07, 6.45) is 17.2. The number of aliphatic hydroxyl groups excluding tert-OH is 1. The summed E-state index contributed by atoms with van der Waals surface area (Å²) < 4.78 is 0. The van der Waals surface area contributed by atoms with Gasteiger partial charge < -0.3 is 5.11 Å². The molecule has 28 heavy (non-hydrogen) atoms. The van der Waals surface area contributed by atoms with Crippen LogP contribution in [-0.2, 0) is 0 Å². The van der Waals surface area contributed by atoms with Gasteiger partial charge in [0.25, 0.3) is 0 Å². The third-order valence-corrected chi connectivity index (χ3v) is 10.3. The SMILES string of the molecule is CC(C)CCC[C@@H](C)[C@H]1CC[C@H]2[C@@H]3CC=C4C[C@@H](O)CC[C@]4(C)[C@H]3CC[C@@]12C. The lowest BCUT2D eigenvalue weighted by molar-refractivity contribution is -0.0573. The van der Waals surface area contributed by atoms with Crippen LogP contribution in [0, 0.1) is 46.3 Å². The smallest absolute Gasteiger partial charge is 0.0577 e. The quantitative estimate of drug-likeness (QED) is 0.488. The van der Waals surface area contributed by atoms with E-state index < -0.39 is 0 Å². The molecule has 1 N–H and O–H groups in total. The summed E-state index contributed by atoms with van der Waals surface area (Å²) >= 11 is 0. The first-order valence-electron chi connectivity index (χ1n) is 12.6. The molecule has 0 heterocycles. The highest BCUT2D eigenvalue weighted by atomic mass is 16.3. The summed E-state index contributed by atoms with van der Waals surface area (Å²) in [5.41, 5.74) is 2.60. The van der Waals surface area contributed by atoms with Crippen LogP contribution in [0.1, 0.15) is 105 Å². The Morgan fingerprint density at radius 2 is 1.79 bits per heavy atom. The lowest BCUT2D eigenvalue weighted by Crippen LogP contribution is -2.50. The summed E-state index contributed by atoms with van der Waals surface area (Å²) in [4.78, 5) is 0. The molecule has 0 saturated heterocycles. The Balaban J connectivity index is 1.49. The van der Waals surface area contributed by atoms with Crippen LogP contribution in [-0.4, -0.2) is 11.2 Å². The Labute approximate surface area is 174 Å². The van der Waals surface area contributed by atoms with Gasteiger partial charge in [-0.1, -0.05) is 65.5 Å². The number of aliphatic hydroxyl groups is 1. The summed E-state index contributed by atoms with van der Waals surface area (Å²) in [7, 11) is 0. The van der Waals surface area contributed by atoms with Crippen LogP contribution in [0.2, 0.25) is 0 Å².